The highest BCUT2D eigenvalue weighted by Gasteiger charge is 2.25. The molecule has 0 aliphatic carbocycles. The van der Waals surface area contributed by atoms with Crippen molar-refractivity contribution < 1.29 is 4.74 Å². The zero-order chi connectivity index (χ0) is 14.3. The van der Waals surface area contributed by atoms with E-state index in [2.05, 4.69) is 16.0 Å². The summed E-state index contributed by atoms with van der Waals surface area (Å²) < 4.78 is 5.98. The average Bonchev–Trinajstić information content (AvgIpc) is 2.79. The number of amidine groups is 1. The quantitative estimate of drug-likeness (QED) is 0.642. The first kappa shape index (κ1) is 12.7. The molecule has 1 aliphatic heterocycles. The topological polar surface area (TPSA) is 80.5 Å². The molecule has 5 nitrogen and oxygen atoms in total. The maximum absolute atomic E-state index is 11.4. The average molecular weight is 271 g/mol. The number of aromatic nitrogens is 1. The van der Waals surface area contributed by atoms with Crippen LogP contribution >= 0.6 is 0 Å². The molecule has 1 unspecified atom stereocenters. The second-order valence-electron chi connectivity index (χ2n) is 5.22. The molecule has 0 bridgehead atoms. The maximum atomic E-state index is 11.4. The van der Waals surface area contributed by atoms with Gasteiger partial charge in [-0.3, -0.25) is 9.79 Å². The molecule has 1 aromatic carbocycles. The third kappa shape index (κ3) is 2.15. The van der Waals surface area contributed by atoms with Crippen LogP contribution in [0.2, 0.25) is 0 Å². The van der Waals surface area contributed by atoms with Crippen LogP contribution in [-0.4, -0.2) is 23.5 Å². The third-order valence-corrected chi connectivity index (χ3v) is 3.52. The fraction of sp³-hybridized carbons (Fsp3) is 0.333. The van der Waals surface area contributed by atoms with Gasteiger partial charge in [-0.2, -0.15) is 0 Å². The van der Waals surface area contributed by atoms with E-state index in [-0.39, 0.29) is 11.7 Å². The number of pyridine rings is 1. The Hall–Kier alpha value is -2.30. The maximum Gasteiger partial charge on any atom is 0.248 e. The van der Waals surface area contributed by atoms with Crippen molar-refractivity contribution in [1.82, 2.24) is 4.98 Å². The van der Waals surface area contributed by atoms with Crippen LogP contribution in [-0.2, 0) is 6.42 Å². The molecule has 0 saturated heterocycles. The molecule has 0 spiro atoms. The minimum Gasteiger partial charge on any atom is -0.487 e. The van der Waals surface area contributed by atoms with Crippen molar-refractivity contribution in [2.45, 2.75) is 26.4 Å². The number of aliphatic imine (C=N–C) groups is 1. The van der Waals surface area contributed by atoms with Gasteiger partial charge in [0.05, 0.1) is 17.9 Å². The number of nitrogens with zero attached hydrogens (tertiary/aromatic N) is 1. The Balaban J connectivity index is 2.03. The van der Waals surface area contributed by atoms with Crippen molar-refractivity contribution in [2.75, 3.05) is 6.54 Å². The van der Waals surface area contributed by atoms with Gasteiger partial charge in [0, 0.05) is 17.9 Å². The first-order valence-electron chi connectivity index (χ1n) is 6.63. The molecule has 2 heterocycles. The zero-order valence-corrected chi connectivity index (χ0v) is 11.6. The fourth-order valence-electron chi connectivity index (χ4n) is 2.64. The van der Waals surface area contributed by atoms with Crippen molar-refractivity contribution in [3.63, 3.8) is 0 Å². The normalized spacial score (nSPS) is 18.1. The number of fused-ring (bicyclic) bond motifs is 3. The van der Waals surface area contributed by atoms with Gasteiger partial charge in [-0.05, 0) is 31.0 Å². The SMILES string of the molecule is CC(N)=NCC1Cc2cc(C)c3[nH]c(=O)ccc3c2O1. The molecule has 0 saturated carbocycles. The van der Waals surface area contributed by atoms with Crippen LogP contribution in [0.15, 0.2) is 28.0 Å². The number of nitrogens with one attached hydrogen (secondary N) is 1. The van der Waals surface area contributed by atoms with Crippen molar-refractivity contribution >= 4 is 16.7 Å². The summed E-state index contributed by atoms with van der Waals surface area (Å²) in [5.74, 6) is 1.42. The highest BCUT2D eigenvalue weighted by atomic mass is 16.5. The van der Waals surface area contributed by atoms with Crippen molar-refractivity contribution in [3.05, 3.63) is 39.7 Å². The van der Waals surface area contributed by atoms with Gasteiger partial charge < -0.3 is 15.5 Å². The predicted molar refractivity (Wildman–Crippen MR) is 79.6 cm³/mol. The van der Waals surface area contributed by atoms with E-state index in [0.717, 1.165) is 34.2 Å². The predicted octanol–water partition coefficient (Wildman–Crippen LogP) is 1.52. The first-order chi connectivity index (χ1) is 9.54. The van der Waals surface area contributed by atoms with Gasteiger partial charge in [0.25, 0.3) is 0 Å². The van der Waals surface area contributed by atoms with Crippen LogP contribution in [0.3, 0.4) is 0 Å². The van der Waals surface area contributed by atoms with Crippen LogP contribution in [0.25, 0.3) is 10.9 Å². The summed E-state index contributed by atoms with van der Waals surface area (Å²) in [7, 11) is 0. The summed E-state index contributed by atoms with van der Waals surface area (Å²) in [4.78, 5) is 18.5. The Kier molecular flexibility index (Phi) is 2.97. The molecule has 0 radical (unpaired) electrons. The van der Waals surface area contributed by atoms with Gasteiger partial charge in [0.15, 0.2) is 0 Å². The molecule has 2 aromatic rings. The van der Waals surface area contributed by atoms with Gasteiger partial charge in [-0.15, -0.1) is 0 Å². The molecule has 0 fully saturated rings. The molecular weight excluding hydrogens is 254 g/mol. The van der Waals surface area contributed by atoms with E-state index in [9.17, 15) is 4.79 Å². The number of aryl methyl sites for hydroxylation is 1. The third-order valence-electron chi connectivity index (χ3n) is 3.52. The largest absolute Gasteiger partial charge is 0.487 e. The number of H-pyrrole nitrogens is 1. The van der Waals surface area contributed by atoms with Gasteiger partial charge >= 0.3 is 0 Å². The Morgan fingerprint density at radius 3 is 3.10 bits per heavy atom. The Morgan fingerprint density at radius 2 is 2.35 bits per heavy atom. The van der Waals surface area contributed by atoms with Crippen LogP contribution in [0.1, 0.15) is 18.1 Å². The van der Waals surface area contributed by atoms with Crippen molar-refractivity contribution in [2.24, 2.45) is 10.7 Å². The highest BCUT2D eigenvalue weighted by molar-refractivity contribution is 5.89. The van der Waals surface area contributed by atoms with Crippen LogP contribution < -0.4 is 16.0 Å². The monoisotopic (exact) mass is 271 g/mol. The molecule has 104 valence electrons. The molecule has 0 amide bonds. The molecule has 5 heteroatoms. The first-order valence-corrected chi connectivity index (χ1v) is 6.63. The van der Waals surface area contributed by atoms with Crippen LogP contribution in [0.4, 0.5) is 0 Å². The van der Waals surface area contributed by atoms with Gasteiger partial charge in [0.2, 0.25) is 5.56 Å². The number of aromatic amines is 1. The van der Waals surface area contributed by atoms with E-state index in [1.165, 1.54) is 6.07 Å². The molecule has 1 aliphatic rings. The summed E-state index contributed by atoms with van der Waals surface area (Å²) in [6.07, 6.45) is 0.836. The summed E-state index contributed by atoms with van der Waals surface area (Å²) in [5, 5.41) is 0.954. The zero-order valence-electron chi connectivity index (χ0n) is 11.6. The van der Waals surface area contributed by atoms with E-state index in [4.69, 9.17) is 10.5 Å². The molecule has 3 rings (SSSR count). The number of hydrogen-bond acceptors (Lipinski definition) is 3. The lowest BCUT2D eigenvalue weighted by molar-refractivity contribution is 0.244. The van der Waals surface area contributed by atoms with E-state index in [1.807, 2.05) is 13.0 Å². The highest BCUT2D eigenvalue weighted by Crippen LogP contribution is 2.37. The number of rotatable bonds is 2. The lowest BCUT2D eigenvalue weighted by atomic mass is 10.0. The molecule has 3 N–H and O–H groups in total. The second-order valence-corrected chi connectivity index (χ2v) is 5.22. The van der Waals surface area contributed by atoms with E-state index >= 15 is 0 Å². The van der Waals surface area contributed by atoms with Crippen LogP contribution in [0.5, 0.6) is 5.75 Å². The lowest BCUT2D eigenvalue weighted by Gasteiger charge is -2.10. The molecule has 20 heavy (non-hydrogen) atoms. The summed E-state index contributed by atoms with van der Waals surface area (Å²) >= 11 is 0. The summed E-state index contributed by atoms with van der Waals surface area (Å²) in [6.45, 7) is 4.32. The second kappa shape index (κ2) is 4.67. The number of hydrogen-bond donors (Lipinski definition) is 2. The Bertz CT molecular complexity index is 758. The van der Waals surface area contributed by atoms with Gasteiger partial charge in [0.1, 0.15) is 11.9 Å². The molecule has 1 atom stereocenters. The number of benzene rings is 1. The van der Waals surface area contributed by atoms with E-state index in [1.54, 1.807) is 6.92 Å². The van der Waals surface area contributed by atoms with Crippen LogP contribution in [0, 0.1) is 6.92 Å². The Morgan fingerprint density at radius 1 is 1.55 bits per heavy atom. The minimum atomic E-state index is -0.0987. The van der Waals surface area contributed by atoms with Crippen molar-refractivity contribution in [3.8, 4) is 5.75 Å². The van der Waals surface area contributed by atoms with Gasteiger partial charge in [-0.1, -0.05) is 6.07 Å². The minimum absolute atomic E-state index is 0.0143. The van der Waals surface area contributed by atoms with E-state index < -0.39 is 0 Å². The summed E-state index contributed by atoms with van der Waals surface area (Å²) in [5.41, 5.74) is 8.52. The van der Waals surface area contributed by atoms with Gasteiger partial charge in [-0.25, -0.2) is 0 Å². The molecular formula is C15H17N3O2. The smallest absolute Gasteiger partial charge is 0.248 e. The Labute approximate surface area is 116 Å². The summed E-state index contributed by atoms with van der Waals surface area (Å²) in [6, 6.07) is 5.42. The number of nitrogens with two attached hydrogens (primary N) is 1. The molecule has 1 aromatic heterocycles. The number of ether oxygens (including phenoxy) is 1. The van der Waals surface area contributed by atoms with Crippen molar-refractivity contribution in [1.29, 1.82) is 0 Å². The lowest BCUT2D eigenvalue weighted by Crippen LogP contribution is -2.19. The standard InChI is InChI=1S/C15H17N3O2/c1-8-5-10-6-11(7-17-9(2)16)20-15(10)12-3-4-13(19)18-14(8)12/h3-5,11H,6-7H2,1-2H3,(H2,16,17)(H,18,19). The fourth-order valence-corrected chi connectivity index (χ4v) is 2.64. The van der Waals surface area contributed by atoms with E-state index in [0.29, 0.717) is 12.4 Å².